The van der Waals surface area contributed by atoms with Crippen LogP contribution in [0.3, 0.4) is 0 Å². The van der Waals surface area contributed by atoms with Crippen molar-refractivity contribution in [2.75, 3.05) is 5.32 Å². The van der Waals surface area contributed by atoms with Gasteiger partial charge in [0.1, 0.15) is 0 Å². The Bertz CT molecular complexity index is 788. The van der Waals surface area contributed by atoms with Crippen LogP contribution >= 0.6 is 0 Å². The minimum atomic E-state index is -0.137. The van der Waals surface area contributed by atoms with E-state index in [9.17, 15) is 4.79 Å². The van der Waals surface area contributed by atoms with Crippen LogP contribution in [0, 0.1) is 6.92 Å². The van der Waals surface area contributed by atoms with Gasteiger partial charge in [-0.05, 0) is 30.7 Å². The van der Waals surface area contributed by atoms with E-state index in [2.05, 4.69) is 10.3 Å². The van der Waals surface area contributed by atoms with Gasteiger partial charge in [0.2, 0.25) is 0 Å². The predicted molar refractivity (Wildman–Crippen MR) is 83.4 cm³/mol. The van der Waals surface area contributed by atoms with E-state index in [1.807, 2.05) is 31.2 Å². The summed E-state index contributed by atoms with van der Waals surface area (Å²) in [4.78, 5) is 15.7. The van der Waals surface area contributed by atoms with Gasteiger partial charge in [0.05, 0.1) is 12.2 Å². The molecule has 0 atom stereocenters. The Morgan fingerprint density at radius 2 is 1.86 bits per heavy atom. The Hall–Kier alpha value is -2.59. The number of H-pyrrole nitrogens is 1. The third-order valence-corrected chi connectivity index (χ3v) is 3.52. The van der Waals surface area contributed by atoms with Crippen LogP contribution in [0.2, 0.25) is 0 Å². The molecule has 21 heavy (non-hydrogen) atoms. The fraction of sp³-hybridized carbons (Fsp3) is 0.118. The van der Waals surface area contributed by atoms with Crippen molar-refractivity contribution in [3.63, 3.8) is 0 Å². The number of hydrogen-bond donors (Lipinski definition) is 3. The second-order valence-electron chi connectivity index (χ2n) is 4.98. The number of hydrogen-bond acceptors (Lipinski definition) is 2. The first-order chi connectivity index (χ1) is 10.2. The largest absolute Gasteiger partial charge is 0.392 e. The summed E-state index contributed by atoms with van der Waals surface area (Å²) in [6.45, 7) is 1.89. The molecule has 3 rings (SSSR count). The quantitative estimate of drug-likeness (QED) is 0.689. The van der Waals surface area contributed by atoms with Gasteiger partial charge >= 0.3 is 0 Å². The Kier molecular flexibility index (Phi) is 3.46. The van der Waals surface area contributed by atoms with Crippen molar-refractivity contribution in [1.82, 2.24) is 4.98 Å². The zero-order chi connectivity index (χ0) is 14.8. The zero-order valence-corrected chi connectivity index (χ0v) is 11.7. The molecule has 0 unspecified atom stereocenters. The lowest BCUT2D eigenvalue weighted by atomic mass is 10.1. The van der Waals surface area contributed by atoms with E-state index in [4.69, 9.17) is 5.11 Å². The van der Waals surface area contributed by atoms with E-state index in [1.54, 1.807) is 24.3 Å². The first-order valence-corrected chi connectivity index (χ1v) is 6.77. The lowest BCUT2D eigenvalue weighted by Crippen LogP contribution is -2.12. The molecule has 3 N–H and O–H groups in total. The molecule has 3 aromatic rings. The van der Waals surface area contributed by atoms with E-state index < -0.39 is 0 Å². The zero-order valence-electron chi connectivity index (χ0n) is 11.7. The minimum absolute atomic E-state index is 0.00418. The number of aromatic nitrogens is 1. The number of benzene rings is 2. The van der Waals surface area contributed by atoms with E-state index in [0.29, 0.717) is 11.3 Å². The number of carbonyl (C=O) groups is 1. The molecule has 1 aromatic heterocycles. The molecule has 1 amide bonds. The molecular formula is C17H16N2O2. The molecule has 0 fully saturated rings. The number of aliphatic hydroxyl groups excluding tert-OH is 1. The fourth-order valence-corrected chi connectivity index (χ4v) is 2.46. The fourth-order valence-electron chi connectivity index (χ4n) is 2.46. The highest BCUT2D eigenvalue weighted by atomic mass is 16.3. The van der Waals surface area contributed by atoms with Gasteiger partial charge in [-0.3, -0.25) is 4.79 Å². The van der Waals surface area contributed by atoms with Crippen molar-refractivity contribution in [2.24, 2.45) is 0 Å². The van der Waals surface area contributed by atoms with Crippen LogP contribution in [0.5, 0.6) is 0 Å². The van der Waals surface area contributed by atoms with Crippen molar-refractivity contribution in [2.45, 2.75) is 13.5 Å². The number of amides is 1. The molecule has 0 aliphatic heterocycles. The predicted octanol–water partition coefficient (Wildman–Crippen LogP) is 3.22. The third-order valence-electron chi connectivity index (χ3n) is 3.52. The molecule has 0 saturated carbocycles. The van der Waals surface area contributed by atoms with Crippen LogP contribution in [0.25, 0.3) is 10.9 Å². The molecule has 1 heterocycles. The number of aliphatic hydroxyl groups is 1. The molecule has 0 aliphatic carbocycles. The van der Waals surface area contributed by atoms with Crippen LogP contribution in [0.15, 0.2) is 48.5 Å². The molecule has 4 nitrogen and oxygen atoms in total. The number of rotatable bonds is 3. The lowest BCUT2D eigenvalue weighted by Gasteiger charge is -2.06. The number of anilines is 1. The monoisotopic (exact) mass is 280 g/mol. The van der Waals surface area contributed by atoms with Crippen molar-refractivity contribution in [1.29, 1.82) is 0 Å². The van der Waals surface area contributed by atoms with Gasteiger partial charge in [0.25, 0.3) is 5.91 Å². The minimum Gasteiger partial charge on any atom is -0.392 e. The van der Waals surface area contributed by atoms with E-state index in [0.717, 1.165) is 22.2 Å². The van der Waals surface area contributed by atoms with Gasteiger partial charge in [0, 0.05) is 22.3 Å². The summed E-state index contributed by atoms with van der Waals surface area (Å²) in [5.41, 5.74) is 3.99. The standard InChI is InChI=1S/C17H16N2O2/c1-11-16(14-4-2-3-5-15(14)18-11)17(21)19-13-8-6-12(10-20)7-9-13/h2-9,18,20H,10H2,1H3,(H,19,21). The highest BCUT2D eigenvalue weighted by Crippen LogP contribution is 2.23. The van der Waals surface area contributed by atoms with Crippen LogP contribution in [0.1, 0.15) is 21.6 Å². The van der Waals surface area contributed by atoms with Crippen molar-refractivity contribution in [3.05, 3.63) is 65.4 Å². The van der Waals surface area contributed by atoms with Gasteiger partial charge < -0.3 is 15.4 Å². The summed E-state index contributed by atoms with van der Waals surface area (Å²) in [6, 6.07) is 14.9. The van der Waals surface area contributed by atoms with Gasteiger partial charge in [-0.2, -0.15) is 0 Å². The second-order valence-corrected chi connectivity index (χ2v) is 4.98. The molecule has 2 aromatic carbocycles. The number of carbonyl (C=O) groups excluding carboxylic acids is 1. The Balaban J connectivity index is 1.91. The molecule has 106 valence electrons. The number of nitrogens with one attached hydrogen (secondary N) is 2. The number of aromatic amines is 1. The molecule has 0 saturated heterocycles. The molecule has 0 radical (unpaired) electrons. The molecular weight excluding hydrogens is 264 g/mol. The summed E-state index contributed by atoms with van der Waals surface area (Å²) in [5, 5.41) is 12.8. The van der Waals surface area contributed by atoms with Crippen molar-refractivity contribution < 1.29 is 9.90 Å². The van der Waals surface area contributed by atoms with Gasteiger partial charge in [-0.15, -0.1) is 0 Å². The van der Waals surface area contributed by atoms with Gasteiger partial charge in [0.15, 0.2) is 0 Å². The first-order valence-electron chi connectivity index (χ1n) is 6.77. The summed E-state index contributed by atoms with van der Waals surface area (Å²) in [6.07, 6.45) is 0. The number of para-hydroxylation sites is 1. The average molecular weight is 280 g/mol. The Morgan fingerprint density at radius 1 is 1.14 bits per heavy atom. The second kappa shape index (κ2) is 5.42. The summed E-state index contributed by atoms with van der Waals surface area (Å²) < 4.78 is 0. The smallest absolute Gasteiger partial charge is 0.258 e. The average Bonchev–Trinajstić information content (AvgIpc) is 2.83. The molecule has 0 spiro atoms. The van der Waals surface area contributed by atoms with Crippen LogP contribution in [0.4, 0.5) is 5.69 Å². The van der Waals surface area contributed by atoms with Crippen LogP contribution in [-0.2, 0) is 6.61 Å². The van der Waals surface area contributed by atoms with Crippen LogP contribution < -0.4 is 5.32 Å². The van der Waals surface area contributed by atoms with E-state index in [-0.39, 0.29) is 12.5 Å². The molecule has 0 bridgehead atoms. The van der Waals surface area contributed by atoms with Crippen LogP contribution in [-0.4, -0.2) is 16.0 Å². The van der Waals surface area contributed by atoms with E-state index >= 15 is 0 Å². The normalized spacial score (nSPS) is 10.8. The van der Waals surface area contributed by atoms with Crippen molar-refractivity contribution in [3.8, 4) is 0 Å². The number of aryl methyl sites for hydroxylation is 1. The molecule has 4 heteroatoms. The summed E-state index contributed by atoms with van der Waals surface area (Å²) in [5.74, 6) is -0.137. The Labute approximate surface area is 122 Å². The topological polar surface area (TPSA) is 65.1 Å². The highest BCUT2D eigenvalue weighted by Gasteiger charge is 2.15. The molecule has 0 aliphatic rings. The highest BCUT2D eigenvalue weighted by molar-refractivity contribution is 6.13. The SMILES string of the molecule is Cc1[nH]c2ccccc2c1C(=O)Nc1ccc(CO)cc1. The lowest BCUT2D eigenvalue weighted by molar-refractivity contribution is 0.102. The summed E-state index contributed by atoms with van der Waals surface area (Å²) in [7, 11) is 0. The maximum absolute atomic E-state index is 12.5. The van der Waals surface area contributed by atoms with Crippen molar-refractivity contribution >= 4 is 22.5 Å². The Morgan fingerprint density at radius 3 is 2.57 bits per heavy atom. The van der Waals surface area contributed by atoms with E-state index in [1.165, 1.54) is 0 Å². The summed E-state index contributed by atoms with van der Waals surface area (Å²) >= 11 is 0. The van der Waals surface area contributed by atoms with Gasteiger partial charge in [-0.1, -0.05) is 30.3 Å². The van der Waals surface area contributed by atoms with Gasteiger partial charge in [-0.25, -0.2) is 0 Å². The number of fused-ring (bicyclic) bond motifs is 1. The maximum atomic E-state index is 12.5. The maximum Gasteiger partial charge on any atom is 0.258 e. The first kappa shape index (κ1) is 13.4. The third kappa shape index (κ3) is 2.53.